The summed E-state index contributed by atoms with van der Waals surface area (Å²) < 4.78 is 38.0. The minimum absolute atomic E-state index is 0.00728. The van der Waals surface area contributed by atoms with Gasteiger partial charge in [0, 0.05) is 11.1 Å². The standard InChI is InChI=1S/C16H18ClNO4S/c1-11(12-4-7-14(21-2)8-5-12)18-23(19,20)16-10-13(17)6-9-15(16)22-3/h4-11,18H,1-3H3. The largest absolute Gasteiger partial charge is 0.497 e. The third-order valence-corrected chi connectivity index (χ3v) is 5.16. The second kappa shape index (κ2) is 7.21. The van der Waals surface area contributed by atoms with Gasteiger partial charge in [0.2, 0.25) is 10.0 Å². The molecule has 7 heteroatoms. The molecule has 124 valence electrons. The maximum absolute atomic E-state index is 12.6. The van der Waals surface area contributed by atoms with Gasteiger partial charge in [-0.15, -0.1) is 0 Å². The highest BCUT2D eigenvalue weighted by atomic mass is 35.5. The van der Waals surface area contributed by atoms with E-state index < -0.39 is 16.1 Å². The number of ether oxygens (including phenoxy) is 2. The molecule has 0 fully saturated rings. The van der Waals surface area contributed by atoms with Crippen LogP contribution in [-0.2, 0) is 10.0 Å². The van der Waals surface area contributed by atoms with Crippen LogP contribution in [0.15, 0.2) is 47.4 Å². The molecule has 23 heavy (non-hydrogen) atoms. The fourth-order valence-corrected chi connectivity index (χ4v) is 3.78. The van der Waals surface area contributed by atoms with Crippen LogP contribution in [0.4, 0.5) is 0 Å². The van der Waals surface area contributed by atoms with Crippen LogP contribution >= 0.6 is 11.6 Å². The van der Waals surface area contributed by atoms with Gasteiger partial charge in [-0.2, -0.15) is 0 Å². The lowest BCUT2D eigenvalue weighted by Gasteiger charge is -2.16. The van der Waals surface area contributed by atoms with E-state index in [1.165, 1.54) is 19.2 Å². The van der Waals surface area contributed by atoms with E-state index in [1.807, 2.05) is 0 Å². The van der Waals surface area contributed by atoms with Crippen molar-refractivity contribution in [2.24, 2.45) is 0 Å². The van der Waals surface area contributed by atoms with Crippen LogP contribution in [0.3, 0.4) is 0 Å². The van der Waals surface area contributed by atoms with E-state index in [4.69, 9.17) is 21.1 Å². The van der Waals surface area contributed by atoms with E-state index in [9.17, 15) is 8.42 Å². The molecule has 0 aromatic heterocycles. The van der Waals surface area contributed by atoms with Gasteiger partial charge in [-0.25, -0.2) is 13.1 Å². The molecule has 1 atom stereocenters. The van der Waals surface area contributed by atoms with Crippen molar-refractivity contribution in [3.63, 3.8) is 0 Å². The Morgan fingerprint density at radius 2 is 1.70 bits per heavy atom. The number of halogens is 1. The van der Waals surface area contributed by atoms with Crippen LogP contribution in [0.2, 0.25) is 5.02 Å². The summed E-state index contributed by atoms with van der Waals surface area (Å²) in [5.41, 5.74) is 0.815. The summed E-state index contributed by atoms with van der Waals surface area (Å²) in [4.78, 5) is 0.00728. The zero-order valence-corrected chi connectivity index (χ0v) is 14.6. The second-order valence-electron chi connectivity index (χ2n) is 4.91. The minimum Gasteiger partial charge on any atom is -0.497 e. The molecular formula is C16H18ClNO4S. The van der Waals surface area contributed by atoms with Crippen molar-refractivity contribution >= 4 is 21.6 Å². The van der Waals surface area contributed by atoms with Gasteiger partial charge in [0.15, 0.2) is 0 Å². The molecule has 0 aliphatic heterocycles. The molecule has 5 nitrogen and oxygen atoms in total. The Morgan fingerprint density at radius 3 is 2.26 bits per heavy atom. The smallest absolute Gasteiger partial charge is 0.244 e. The van der Waals surface area contributed by atoms with Crippen molar-refractivity contribution in [2.45, 2.75) is 17.9 Å². The zero-order valence-electron chi connectivity index (χ0n) is 13.0. The maximum atomic E-state index is 12.6. The third-order valence-electron chi connectivity index (χ3n) is 3.36. The lowest BCUT2D eigenvalue weighted by atomic mass is 10.1. The highest BCUT2D eigenvalue weighted by Crippen LogP contribution is 2.28. The van der Waals surface area contributed by atoms with Gasteiger partial charge in [-0.3, -0.25) is 0 Å². The molecule has 0 heterocycles. The van der Waals surface area contributed by atoms with Crippen LogP contribution in [0.1, 0.15) is 18.5 Å². The Hall–Kier alpha value is -1.76. The predicted molar refractivity (Wildman–Crippen MR) is 89.7 cm³/mol. The van der Waals surface area contributed by atoms with E-state index in [1.54, 1.807) is 44.4 Å². The minimum atomic E-state index is -3.78. The van der Waals surface area contributed by atoms with Crippen LogP contribution in [0, 0.1) is 0 Å². The molecule has 0 amide bonds. The van der Waals surface area contributed by atoms with Crippen LogP contribution in [0.25, 0.3) is 0 Å². The topological polar surface area (TPSA) is 64.6 Å². The Morgan fingerprint density at radius 1 is 1.04 bits per heavy atom. The fourth-order valence-electron chi connectivity index (χ4n) is 2.12. The molecule has 2 rings (SSSR count). The molecule has 1 unspecified atom stereocenters. The molecule has 0 saturated carbocycles. The highest BCUT2D eigenvalue weighted by Gasteiger charge is 2.22. The molecule has 0 spiro atoms. The Kier molecular flexibility index (Phi) is 5.51. The summed E-state index contributed by atoms with van der Waals surface area (Å²) >= 11 is 5.91. The van der Waals surface area contributed by atoms with Crippen molar-refractivity contribution in [3.8, 4) is 11.5 Å². The van der Waals surface area contributed by atoms with Gasteiger partial charge in [0.05, 0.1) is 14.2 Å². The molecular weight excluding hydrogens is 338 g/mol. The first-order chi connectivity index (χ1) is 10.9. The van der Waals surface area contributed by atoms with E-state index >= 15 is 0 Å². The maximum Gasteiger partial charge on any atom is 0.244 e. The molecule has 0 bridgehead atoms. The van der Waals surface area contributed by atoms with E-state index in [0.717, 1.165) is 5.56 Å². The average Bonchev–Trinajstić information content (AvgIpc) is 2.54. The first kappa shape index (κ1) is 17.6. The van der Waals surface area contributed by atoms with Gasteiger partial charge in [-0.05, 0) is 42.8 Å². The summed E-state index contributed by atoms with van der Waals surface area (Å²) in [5.74, 6) is 0.948. The third kappa shape index (κ3) is 4.16. The van der Waals surface area contributed by atoms with Crippen molar-refractivity contribution in [1.29, 1.82) is 0 Å². The second-order valence-corrected chi connectivity index (χ2v) is 7.03. The van der Waals surface area contributed by atoms with Gasteiger partial charge in [0.25, 0.3) is 0 Å². The Balaban J connectivity index is 2.28. The molecule has 1 N–H and O–H groups in total. The van der Waals surface area contributed by atoms with Gasteiger partial charge in [-0.1, -0.05) is 23.7 Å². The van der Waals surface area contributed by atoms with Gasteiger partial charge < -0.3 is 9.47 Å². The first-order valence-electron chi connectivity index (χ1n) is 6.87. The van der Waals surface area contributed by atoms with Gasteiger partial charge in [0.1, 0.15) is 16.4 Å². The molecule has 0 aliphatic rings. The molecule has 0 saturated heterocycles. The Bertz CT molecular complexity index is 775. The molecule has 2 aromatic rings. The molecule has 2 aromatic carbocycles. The lowest BCUT2D eigenvalue weighted by Crippen LogP contribution is -2.27. The summed E-state index contributed by atoms with van der Waals surface area (Å²) in [6, 6.07) is 11.2. The number of hydrogen-bond acceptors (Lipinski definition) is 4. The predicted octanol–water partition coefficient (Wildman–Crippen LogP) is 3.40. The Labute approximate surface area is 141 Å². The monoisotopic (exact) mass is 355 g/mol. The van der Waals surface area contributed by atoms with Crippen molar-refractivity contribution in [3.05, 3.63) is 53.1 Å². The number of nitrogens with one attached hydrogen (secondary N) is 1. The highest BCUT2D eigenvalue weighted by molar-refractivity contribution is 7.89. The lowest BCUT2D eigenvalue weighted by molar-refractivity contribution is 0.402. The summed E-state index contributed by atoms with van der Waals surface area (Å²) in [7, 11) is -0.791. The normalized spacial score (nSPS) is 12.7. The van der Waals surface area contributed by atoms with Crippen molar-refractivity contribution < 1.29 is 17.9 Å². The van der Waals surface area contributed by atoms with Crippen LogP contribution < -0.4 is 14.2 Å². The van der Waals surface area contributed by atoms with Crippen LogP contribution in [0.5, 0.6) is 11.5 Å². The molecule has 0 radical (unpaired) electrons. The van der Waals surface area contributed by atoms with E-state index in [-0.39, 0.29) is 10.6 Å². The molecule has 0 aliphatic carbocycles. The van der Waals surface area contributed by atoms with Crippen molar-refractivity contribution in [2.75, 3.05) is 14.2 Å². The summed E-state index contributed by atoms with van der Waals surface area (Å²) in [5, 5.41) is 0.322. The van der Waals surface area contributed by atoms with E-state index in [0.29, 0.717) is 10.8 Å². The summed E-state index contributed by atoms with van der Waals surface area (Å²) in [6.07, 6.45) is 0. The SMILES string of the molecule is COc1ccc(C(C)NS(=O)(=O)c2cc(Cl)ccc2OC)cc1. The average molecular weight is 356 g/mol. The zero-order chi connectivity index (χ0) is 17.0. The summed E-state index contributed by atoms with van der Waals surface area (Å²) in [6.45, 7) is 1.76. The quantitative estimate of drug-likeness (QED) is 0.862. The number of benzene rings is 2. The number of hydrogen-bond donors (Lipinski definition) is 1. The van der Waals surface area contributed by atoms with Gasteiger partial charge >= 0.3 is 0 Å². The van der Waals surface area contributed by atoms with E-state index in [2.05, 4.69) is 4.72 Å². The fraction of sp³-hybridized carbons (Fsp3) is 0.250. The number of methoxy groups -OCH3 is 2. The number of rotatable bonds is 6. The van der Waals surface area contributed by atoms with Crippen molar-refractivity contribution in [1.82, 2.24) is 4.72 Å². The first-order valence-corrected chi connectivity index (χ1v) is 8.73. The van der Waals surface area contributed by atoms with Crippen LogP contribution in [-0.4, -0.2) is 22.6 Å². The number of sulfonamides is 1.